The van der Waals surface area contributed by atoms with Gasteiger partial charge in [0.15, 0.2) is 0 Å². The summed E-state index contributed by atoms with van der Waals surface area (Å²) in [6.07, 6.45) is 1.30. The highest BCUT2D eigenvalue weighted by atomic mass is 16.5. The summed E-state index contributed by atoms with van der Waals surface area (Å²) in [5.41, 5.74) is 0.704. The van der Waals surface area contributed by atoms with E-state index in [9.17, 15) is 9.59 Å². The fourth-order valence-corrected chi connectivity index (χ4v) is 1.93. The molecule has 0 aliphatic rings. The van der Waals surface area contributed by atoms with Gasteiger partial charge in [-0.2, -0.15) is 5.10 Å². The number of ether oxygens (including phenoxy) is 1. The summed E-state index contributed by atoms with van der Waals surface area (Å²) < 4.78 is 4.97. The molecular weight excluding hydrogens is 298 g/mol. The SMILES string of the molecule is COCc1cc(CNC(=O)c2cnc(C(C)(C)C)[nH]c2=O)[nH]n1. The fraction of sp³-hybridized carbons (Fsp3) is 0.467. The fourth-order valence-electron chi connectivity index (χ4n) is 1.93. The third-order valence-electron chi connectivity index (χ3n) is 3.17. The first-order chi connectivity index (χ1) is 10.8. The second-order valence-electron chi connectivity index (χ2n) is 6.22. The zero-order valence-electron chi connectivity index (χ0n) is 13.7. The minimum Gasteiger partial charge on any atom is -0.378 e. The first kappa shape index (κ1) is 16.9. The van der Waals surface area contributed by atoms with E-state index in [0.29, 0.717) is 12.4 Å². The van der Waals surface area contributed by atoms with Gasteiger partial charge in [0.25, 0.3) is 11.5 Å². The highest BCUT2D eigenvalue weighted by molar-refractivity contribution is 5.93. The topological polar surface area (TPSA) is 113 Å². The summed E-state index contributed by atoms with van der Waals surface area (Å²) >= 11 is 0. The number of carbonyl (C=O) groups is 1. The van der Waals surface area contributed by atoms with Gasteiger partial charge in [0, 0.05) is 18.7 Å². The number of carbonyl (C=O) groups excluding carboxylic acids is 1. The van der Waals surface area contributed by atoms with E-state index in [4.69, 9.17) is 4.74 Å². The Balaban J connectivity index is 2.04. The van der Waals surface area contributed by atoms with E-state index < -0.39 is 11.5 Å². The number of methoxy groups -OCH3 is 1. The van der Waals surface area contributed by atoms with Crippen molar-refractivity contribution in [2.24, 2.45) is 0 Å². The van der Waals surface area contributed by atoms with Crippen molar-refractivity contribution in [1.82, 2.24) is 25.5 Å². The second-order valence-corrected chi connectivity index (χ2v) is 6.22. The molecule has 23 heavy (non-hydrogen) atoms. The van der Waals surface area contributed by atoms with E-state index in [2.05, 4.69) is 25.5 Å². The molecule has 124 valence electrons. The van der Waals surface area contributed by atoms with Gasteiger partial charge in [-0.1, -0.05) is 20.8 Å². The van der Waals surface area contributed by atoms with E-state index in [0.717, 1.165) is 11.4 Å². The zero-order valence-corrected chi connectivity index (χ0v) is 13.7. The molecule has 0 saturated carbocycles. The number of nitrogens with one attached hydrogen (secondary N) is 3. The predicted octanol–water partition coefficient (Wildman–Crippen LogP) is 0.867. The molecule has 0 fully saturated rings. The maximum absolute atomic E-state index is 12.1. The number of H-pyrrole nitrogens is 2. The normalized spacial score (nSPS) is 11.5. The van der Waals surface area contributed by atoms with Crippen LogP contribution in [-0.4, -0.2) is 33.2 Å². The average molecular weight is 319 g/mol. The van der Waals surface area contributed by atoms with Gasteiger partial charge >= 0.3 is 0 Å². The number of aromatic nitrogens is 4. The molecule has 0 saturated heterocycles. The number of rotatable bonds is 5. The minimum atomic E-state index is -0.484. The van der Waals surface area contributed by atoms with Crippen LogP contribution in [0.2, 0.25) is 0 Å². The Morgan fingerprint density at radius 2 is 2.13 bits per heavy atom. The average Bonchev–Trinajstić information content (AvgIpc) is 2.92. The molecule has 2 aromatic rings. The number of amides is 1. The van der Waals surface area contributed by atoms with Crippen molar-refractivity contribution in [2.45, 2.75) is 39.3 Å². The summed E-state index contributed by atoms with van der Waals surface area (Å²) in [6.45, 7) is 6.42. The Bertz CT molecular complexity index is 742. The molecule has 0 aromatic carbocycles. The smallest absolute Gasteiger partial charge is 0.263 e. The van der Waals surface area contributed by atoms with Gasteiger partial charge in [-0.3, -0.25) is 14.7 Å². The van der Waals surface area contributed by atoms with Crippen LogP contribution >= 0.6 is 0 Å². The molecule has 0 unspecified atom stereocenters. The zero-order chi connectivity index (χ0) is 17.0. The van der Waals surface area contributed by atoms with Crippen LogP contribution in [0.25, 0.3) is 0 Å². The van der Waals surface area contributed by atoms with Crippen molar-refractivity contribution in [3.8, 4) is 0 Å². The summed E-state index contributed by atoms with van der Waals surface area (Å²) in [4.78, 5) is 31.0. The lowest BCUT2D eigenvalue weighted by Gasteiger charge is -2.16. The van der Waals surface area contributed by atoms with E-state index in [-0.39, 0.29) is 17.5 Å². The molecule has 1 amide bonds. The van der Waals surface area contributed by atoms with Crippen LogP contribution in [0.5, 0.6) is 0 Å². The molecule has 0 atom stereocenters. The van der Waals surface area contributed by atoms with Crippen molar-refractivity contribution in [3.63, 3.8) is 0 Å². The first-order valence-electron chi connectivity index (χ1n) is 7.21. The van der Waals surface area contributed by atoms with E-state index >= 15 is 0 Å². The van der Waals surface area contributed by atoms with Crippen LogP contribution in [0.4, 0.5) is 0 Å². The Hall–Kier alpha value is -2.48. The summed E-state index contributed by atoms with van der Waals surface area (Å²) in [5, 5.41) is 9.48. The van der Waals surface area contributed by atoms with Crippen molar-refractivity contribution in [1.29, 1.82) is 0 Å². The Morgan fingerprint density at radius 3 is 2.74 bits per heavy atom. The molecule has 0 aliphatic heterocycles. The summed E-state index contributed by atoms with van der Waals surface area (Å²) in [7, 11) is 1.58. The van der Waals surface area contributed by atoms with E-state index in [1.54, 1.807) is 13.2 Å². The van der Waals surface area contributed by atoms with E-state index in [1.807, 2.05) is 20.8 Å². The molecule has 0 aliphatic carbocycles. The number of hydrogen-bond acceptors (Lipinski definition) is 5. The van der Waals surface area contributed by atoms with Gasteiger partial charge in [-0.05, 0) is 6.07 Å². The van der Waals surface area contributed by atoms with Crippen LogP contribution in [-0.2, 0) is 23.3 Å². The Labute approximate surface area is 133 Å². The van der Waals surface area contributed by atoms with Crippen LogP contribution in [0.1, 0.15) is 48.3 Å². The monoisotopic (exact) mass is 319 g/mol. The predicted molar refractivity (Wildman–Crippen MR) is 84.0 cm³/mol. The van der Waals surface area contributed by atoms with Crippen molar-refractivity contribution < 1.29 is 9.53 Å². The number of hydrogen-bond donors (Lipinski definition) is 3. The van der Waals surface area contributed by atoms with Crippen LogP contribution in [0, 0.1) is 0 Å². The third-order valence-corrected chi connectivity index (χ3v) is 3.17. The molecule has 0 spiro atoms. The van der Waals surface area contributed by atoms with Crippen LogP contribution in [0.3, 0.4) is 0 Å². The van der Waals surface area contributed by atoms with E-state index in [1.165, 1.54) is 6.20 Å². The van der Waals surface area contributed by atoms with Gasteiger partial charge in [0.05, 0.1) is 24.5 Å². The van der Waals surface area contributed by atoms with Gasteiger partial charge in [-0.15, -0.1) is 0 Å². The maximum atomic E-state index is 12.1. The highest BCUT2D eigenvalue weighted by Gasteiger charge is 2.19. The van der Waals surface area contributed by atoms with Crippen molar-refractivity contribution >= 4 is 5.91 Å². The Morgan fingerprint density at radius 1 is 1.39 bits per heavy atom. The van der Waals surface area contributed by atoms with Gasteiger partial charge in [-0.25, -0.2) is 4.98 Å². The molecule has 0 radical (unpaired) electrons. The molecule has 2 rings (SSSR count). The molecule has 3 N–H and O–H groups in total. The molecular formula is C15H21N5O3. The summed E-state index contributed by atoms with van der Waals surface area (Å²) in [5.74, 6) is 0.0546. The molecule has 0 bridgehead atoms. The Kier molecular flexibility index (Phi) is 4.95. The maximum Gasteiger partial charge on any atom is 0.263 e. The van der Waals surface area contributed by atoms with Crippen LogP contribution in [0.15, 0.2) is 17.1 Å². The third kappa shape index (κ3) is 4.26. The largest absolute Gasteiger partial charge is 0.378 e. The number of aromatic amines is 2. The molecule has 8 nitrogen and oxygen atoms in total. The lowest BCUT2D eigenvalue weighted by atomic mass is 9.96. The molecule has 2 aromatic heterocycles. The lowest BCUT2D eigenvalue weighted by molar-refractivity contribution is 0.0948. The van der Waals surface area contributed by atoms with Gasteiger partial charge in [0.1, 0.15) is 11.4 Å². The summed E-state index contributed by atoms with van der Waals surface area (Å²) in [6, 6.07) is 1.79. The lowest BCUT2D eigenvalue weighted by Crippen LogP contribution is -2.32. The number of nitrogens with zero attached hydrogens (tertiary/aromatic N) is 2. The highest BCUT2D eigenvalue weighted by Crippen LogP contribution is 2.15. The molecule has 2 heterocycles. The first-order valence-corrected chi connectivity index (χ1v) is 7.21. The van der Waals surface area contributed by atoms with Crippen LogP contribution < -0.4 is 10.9 Å². The quantitative estimate of drug-likeness (QED) is 0.757. The van der Waals surface area contributed by atoms with Crippen molar-refractivity contribution in [3.05, 3.63) is 45.4 Å². The van der Waals surface area contributed by atoms with Gasteiger partial charge < -0.3 is 15.0 Å². The van der Waals surface area contributed by atoms with Gasteiger partial charge in [0.2, 0.25) is 0 Å². The minimum absolute atomic E-state index is 0.0189. The second kappa shape index (κ2) is 6.74. The molecule has 8 heteroatoms. The van der Waals surface area contributed by atoms with Crippen molar-refractivity contribution in [2.75, 3.05) is 7.11 Å². The standard InChI is InChI=1S/C15H21N5O3/c1-15(2,3)14-17-7-11(13(22)18-14)12(21)16-6-9-5-10(8-23-4)20-19-9/h5,7H,6,8H2,1-4H3,(H,16,21)(H,19,20)(H,17,18,22).